The lowest BCUT2D eigenvalue weighted by atomic mass is 10.1. The van der Waals surface area contributed by atoms with Gasteiger partial charge in [0.2, 0.25) is 9.47 Å². The molecule has 88 valence electrons. The smallest absolute Gasteiger partial charge is 0.285 e. The number of fused-ring (bicyclic) bond motifs is 1. The summed E-state index contributed by atoms with van der Waals surface area (Å²) in [7, 11) is 0. The number of nitrogens with zero attached hydrogens (tertiary/aromatic N) is 3. The average molecular weight is 286 g/mol. The van der Waals surface area contributed by atoms with E-state index in [1.165, 1.54) is 10.4 Å². The molecule has 0 spiro atoms. The predicted octanol–water partition coefficient (Wildman–Crippen LogP) is 2.45. The first-order chi connectivity index (χ1) is 8.24. The highest BCUT2D eigenvalue weighted by Crippen LogP contribution is 2.26. The van der Waals surface area contributed by atoms with Crippen molar-refractivity contribution >= 4 is 40.2 Å². The highest BCUT2D eigenvalue weighted by atomic mass is 35.5. The summed E-state index contributed by atoms with van der Waals surface area (Å²) in [6.45, 7) is 1.40. The third-order valence-corrected chi connectivity index (χ3v) is 4.71. The highest BCUT2D eigenvalue weighted by molar-refractivity contribution is 7.17. The summed E-state index contributed by atoms with van der Waals surface area (Å²) in [5.41, 5.74) is 1.24. The van der Waals surface area contributed by atoms with Crippen molar-refractivity contribution in [1.82, 2.24) is 15.1 Å². The van der Waals surface area contributed by atoms with Gasteiger partial charge < -0.3 is 4.90 Å². The Morgan fingerprint density at radius 3 is 3.12 bits per heavy atom. The molecule has 0 bridgehead atoms. The average Bonchev–Trinajstić information content (AvgIpc) is 2.95. The monoisotopic (exact) mass is 285 g/mol. The normalized spacial score (nSPS) is 14.8. The number of halogens is 1. The number of carbonyl (C=O) groups excluding carboxylic acids is 1. The molecule has 2 aromatic heterocycles. The zero-order valence-corrected chi connectivity index (χ0v) is 11.1. The van der Waals surface area contributed by atoms with Gasteiger partial charge in [-0.3, -0.25) is 4.79 Å². The first kappa shape index (κ1) is 11.1. The molecular weight excluding hydrogens is 278 g/mol. The summed E-state index contributed by atoms with van der Waals surface area (Å²) >= 11 is 8.56. The minimum Gasteiger partial charge on any atom is -0.332 e. The van der Waals surface area contributed by atoms with Gasteiger partial charge in [-0.15, -0.1) is 21.5 Å². The van der Waals surface area contributed by atoms with Gasteiger partial charge in [-0.05, 0) is 35.0 Å². The molecule has 0 aliphatic carbocycles. The van der Waals surface area contributed by atoms with Crippen LogP contribution in [0.2, 0.25) is 4.47 Å². The molecule has 7 heteroatoms. The SMILES string of the molecule is O=C(c1nnc(Cl)s1)N1CCc2sccc2C1. The molecule has 0 unspecified atom stereocenters. The van der Waals surface area contributed by atoms with Gasteiger partial charge in [-0.2, -0.15) is 0 Å². The van der Waals surface area contributed by atoms with Crippen LogP contribution in [0.3, 0.4) is 0 Å². The molecule has 0 N–H and O–H groups in total. The number of rotatable bonds is 1. The topological polar surface area (TPSA) is 46.1 Å². The Bertz CT molecular complexity index is 565. The highest BCUT2D eigenvalue weighted by Gasteiger charge is 2.24. The van der Waals surface area contributed by atoms with Gasteiger partial charge in [0.25, 0.3) is 5.91 Å². The van der Waals surface area contributed by atoms with Crippen molar-refractivity contribution in [2.45, 2.75) is 13.0 Å². The van der Waals surface area contributed by atoms with Crippen molar-refractivity contribution in [3.8, 4) is 0 Å². The Labute approximate surface area is 111 Å². The Morgan fingerprint density at radius 1 is 1.47 bits per heavy atom. The van der Waals surface area contributed by atoms with Crippen molar-refractivity contribution < 1.29 is 4.79 Å². The van der Waals surface area contributed by atoms with Gasteiger partial charge in [0.05, 0.1) is 0 Å². The van der Waals surface area contributed by atoms with E-state index in [0.29, 0.717) is 16.0 Å². The molecule has 0 atom stereocenters. The molecule has 3 heterocycles. The molecule has 2 aromatic rings. The molecule has 4 nitrogen and oxygen atoms in total. The maximum absolute atomic E-state index is 12.1. The number of amides is 1. The summed E-state index contributed by atoms with van der Waals surface area (Å²) < 4.78 is 0.307. The summed E-state index contributed by atoms with van der Waals surface area (Å²) in [5, 5.41) is 9.88. The summed E-state index contributed by atoms with van der Waals surface area (Å²) in [6, 6.07) is 2.08. The predicted molar refractivity (Wildman–Crippen MR) is 67.7 cm³/mol. The number of aromatic nitrogens is 2. The lowest BCUT2D eigenvalue weighted by molar-refractivity contribution is 0.0734. The first-order valence-corrected chi connectivity index (χ1v) is 7.15. The van der Waals surface area contributed by atoms with Crippen LogP contribution in [0.5, 0.6) is 0 Å². The van der Waals surface area contributed by atoms with Crippen molar-refractivity contribution in [1.29, 1.82) is 0 Å². The zero-order chi connectivity index (χ0) is 11.8. The number of hydrogen-bond donors (Lipinski definition) is 0. The Morgan fingerprint density at radius 2 is 2.35 bits per heavy atom. The molecule has 0 saturated heterocycles. The Hall–Kier alpha value is -0.980. The first-order valence-electron chi connectivity index (χ1n) is 5.07. The van der Waals surface area contributed by atoms with Gasteiger partial charge in [-0.1, -0.05) is 11.3 Å². The molecule has 1 aliphatic rings. The third kappa shape index (κ3) is 2.08. The van der Waals surface area contributed by atoms with Gasteiger partial charge in [0, 0.05) is 18.0 Å². The van der Waals surface area contributed by atoms with Crippen LogP contribution < -0.4 is 0 Å². The van der Waals surface area contributed by atoms with Crippen LogP contribution in [0.1, 0.15) is 20.2 Å². The largest absolute Gasteiger partial charge is 0.332 e. The quantitative estimate of drug-likeness (QED) is 0.808. The standard InChI is InChI=1S/C10H8ClN3OS2/c11-10-13-12-8(17-10)9(15)14-3-1-7-6(5-14)2-4-16-7/h2,4H,1,3,5H2. The van der Waals surface area contributed by atoms with Crippen molar-refractivity contribution in [2.24, 2.45) is 0 Å². The molecule has 1 aliphatic heterocycles. The van der Waals surface area contributed by atoms with Gasteiger partial charge in [-0.25, -0.2) is 0 Å². The molecule has 3 rings (SSSR count). The van der Waals surface area contributed by atoms with Crippen molar-refractivity contribution in [3.63, 3.8) is 0 Å². The van der Waals surface area contributed by atoms with E-state index < -0.39 is 0 Å². The molecule has 1 amide bonds. The minimum atomic E-state index is -0.0775. The van der Waals surface area contributed by atoms with E-state index in [4.69, 9.17) is 11.6 Å². The molecule has 0 radical (unpaired) electrons. The van der Waals surface area contributed by atoms with Crippen molar-refractivity contribution in [3.05, 3.63) is 31.4 Å². The summed E-state index contributed by atoms with van der Waals surface area (Å²) in [4.78, 5) is 15.3. The van der Waals surface area contributed by atoms with E-state index in [2.05, 4.69) is 21.6 Å². The van der Waals surface area contributed by atoms with Crippen molar-refractivity contribution in [2.75, 3.05) is 6.54 Å². The van der Waals surface area contributed by atoms with E-state index in [0.717, 1.165) is 24.3 Å². The minimum absolute atomic E-state index is 0.0775. The molecule has 0 fully saturated rings. The number of carbonyl (C=O) groups is 1. The second-order valence-corrected chi connectivity index (χ2v) is 6.27. The van der Waals surface area contributed by atoms with Crippen LogP contribution in [0.4, 0.5) is 0 Å². The second kappa shape index (κ2) is 4.36. The van der Waals surface area contributed by atoms with E-state index in [1.807, 2.05) is 0 Å². The fourth-order valence-corrected chi connectivity index (χ4v) is 3.53. The Kier molecular flexibility index (Phi) is 2.85. The van der Waals surface area contributed by atoms with E-state index >= 15 is 0 Å². The van der Waals surface area contributed by atoms with Crippen LogP contribution >= 0.6 is 34.3 Å². The zero-order valence-electron chi connectivity index (χ0n) is 8.72. The maximum atomic E-state index is 12.1. The van der Waals surface area contributed by atoms with Gasteiger partial charge in [0.15, 0.2) is 0 Å². The molecule has 0 aromatic carbocycles. The van der Waals surface area contributed by atoms with Crippen LogP contribution in [0.25, 0.3) is 0 Å². The van der Waals surface area contributed by atoms with Gasteiger partial charge >= 0.3 is 0 Å². The second-order valence-electron chi connectivity index (χ2n) is 3.71. The van der Waals surface area contributed by atoms with Crippen LogP contribution in [0, 0.1) is 0 Å². The van der Waals surface area contributed by atoms with E-state index in [1.54, 1.807) is 16.2 Å². The lowest BCUT2D eigenvalue weighted by Crippen LogP contribution is -2.35. The van der Waals surface area contributed by atoms with Gasteiger partial charge in [0.1, 0.15) is 0 Å². The fraction of sp³-hybridized carbons (Fsp3) is 0.300. The number of hydrogen-bond acceptors (Lipinski definition) is 5. The van der Waals surface area contributed by atoms with Crippen LogP contribution in [0.15, 0.2) is 11.4 Å². The molecular formula is C10H8ClN3OS2. The van der Waals surface area contributed by atoms with E-state index in [9.17, 15) is 4.79 Å². The maximum Gasteiger partial charge on any atom is 0.285 e. The lowest BCUT2D eigenvalue weighted by Gasteiger charge is -2.25. The molecule has 0 saturated carbocycles. The summed E-state index contributed by atoms with van der Waals surface area (Å²) in [5.74, 6) is -0.0775. The third-order valence-electron chi connectivity index (χ3n) is 2.68. The summed E-state index contributed by atoms with van der Waals surface area (Å²) in [6.07, 6.45) is 0.922. The Balaban J connectivity index is 1.81. The van der Waals surface area contributed by atoms with Crippen LogP contribution in [-0.2, 0) is 13.0 Å². The van der Waals surface area contributed by atoms with E-state index in [-0.39, 0.29) is 5.91 Å². The molecule has 17 heavy (non-hydrogen) atoms. The number of thiophene rings is 1. The fourth-order valence-electron chi connectivity index (χ4n) is 1.85. The van der Waals surface area contributed by atoms with Crippen LogP contribution in [-0.4, -0.2) is 27.5 Å².